The predicted octanol–water partition coefficient (Wildman–Crippen LogP) is 4.12. The Labute approximate surface area is 200 Å². The van der Waals surface area contributed by atoms with Crippen molar-refractivity contribution in [3.05, 3.63) is 113 Å². The van der Waals surface area contributed by atoms with Gasteiger partial charge in [-0.25, -0.2) is 0 Å². The van der Waals surface area contributed by atoms with Gasteiger partial charge in [-0.3, -0.25) is 15.0 Å². The highest BCUT2D eigenvalue weighted by molar-refractivity contribution is 5.95. The maximum atomic E-state index is 13.1. The Balaban J connectivity index is 1.96. The van der Waals surface area contributed by atoms with Gasteiger partial charge in [0.15, 0.2) is 0 Å². The summed E-state index contributed by atoms with van der Waals surface area (Å²) in [6, 6.07) is 23.5. The van der Waals surface area contributed by atoms with E-state index in [-0.39, 0.29) is 11.7 Å². The largest absolute Gasteiger partial charge is 0.469 e. The number of carbonyl (C=O) groups excluding carboxylic acids is 2. The van der Waals surface area contributed by atoms with E-state index < -0.39 is 17.9 Å². The third-order valence-electron chi connectivity index (χ3n) is 5.50. The highest BCUT2D eigenvalue weighted by Crippen LogP contribution is 2.19. The van der Waals surface area contributed by atoms with Crippen molar-refractivity contribution in [2.75, 3.05) is 7.11 Å². The third kappa shape index (κ3) is 6.65. The number of hydrogen-bond donors (Lipinski definition) is 3. The van der Waals surface area contributed by atoms with Crippen molar-refractivity contribution < 1.29 is 14.3 Å². The van der Waals surface area contributed by atoms with E-state index >= 15 is 0 Å². The van der Waals surface area contributed by atoms with Crippen LogP contribution in [0.4, 0.5) is 0 Å². The van der Waals surface area contributed by atoms with Crippen LogP contribution in [0.3, 0.4) is 0 Å². The standard InChI is InChI=1S/C28H29N3O3/c1-19-8-6-13-23(16-19)27(32)31-25(15-14-20-9-4-3-5-10-20)24(28(33)34-2)18-21-11-7-12-22(17-21)26(29)30/h3-17,24-25H,18H2,1-2H3,(H3,29,30)(H,31,32). The molecule has 6 heteroatoms. The van der Waals surface area contributed by atoms with Crippen molar-refractivity contribution in [2.45, 2.75) is 19.4 Å². The second-order valence-electron chi connectivity index (χ2n) is 8.09. The Hall–Kier alpha value is -4.19. The number of carbonyl (C=O) groups is 2. The molecule has 0 aliphatic carbocycles. The summed E-state index contributed by atoms with van der Waals surface area (Å²) < 4.78 is 5.11. The first-order chi connectivity index (χ1) is 16.4. The van der Waals surface area contributed by atoms with Crippen molar-refractivity contribution in [1.29, 1.82) is 5.41 Å². The summed E-state index contributed by atoms with van der Waals surface area (Å²) in [5.41, 5.74) is 9.44. The van der Waals surface area contributed by atoms with Gasteiger partial charge in [0.2, 0.25) is 0 Å². The first-order valence-corrected chi connectivity index (χ1v) is 11.0. The molecule has 0 aliphatic rings. The minimum absolute atomic E-state index is 0.0512. The quantitative estimate of drug-likeness (QED) is 0.256. The Morgan fingerprint density at radius 1 is 1.00 bits per heavy atom. The summed E-state index contributed by atoms with van der Waals surface area (Å²) in [5.74, 6) is -1.47. The van der Waals surface area contributed by atoms with Crippen LogP contribution in [0.25, 0.3) is 6.08 Å². The van der Waals surface area contributed by atoms with Gasteiger partial charge in [-0.15, -0.1) is 0 Å². The van der Waals surface area contributed by atoms with Gasteiger partial charge in [0.1, 0.15) is 5.84 Å². The first kappa shape index (κ1) is 24.5. The number of nitrogen functional groups attached to an aromatic ring is 1. The van der Waals surface area contributed by atoms with Gasteiger partial charge in [-0.1, -0.05) is 78.4 Å². The summed E-state index contributed by atoms with van der Waals surface area (Å²) in [5, 5.41) is 10.7. The Morgan fingerprint density at radius 2 is 1.71 bits per heavy atom. The molecule has 1 amide bonds. The molecule has 174 valence electrons. The van der Waals surface area contributed by atoms with Crippen molar-refractivity contribution in [1.82, 2.24) is 5.32 Å². The van der Waals surface area contributed by atoms with Crippen LogP contribution >= 0.6 is 0 Å². The summed E-state index contributed by atoms with van der Waals surface area (Å²) in [4.78, 5) is 26.0. The SMILES string of the molecule is COC(=O)C(Cc1cccc(C(=N)N)c1)C(C=Cc1ccccc1)NC(=O)c1cccc(C)c1. The molecular formula is C28H29N3O3. The molecular weight excluding hydrogens is 426 g/mol. The lowest BCUT2D eigenvalue weighted by atomic mass is 9.90. The number of amides is 1. The van der Waals surface area contributed by atoms with Crippen LogP contribution in [0.15, 0.2) is 84.9 Å². The summed E-state index contributed by atoms with van der Waals surface area (Å²) in [6.45, 7) is 1.92. The van der Waals surface area contributed by atoms with E-state index in [0.29, 0.717) is 17.5 Å². The molecule has 3 aromatic carbocycles. The lowest BCUT2D eigenvalue weighted by Gasteiger charge is -2.24. The first-order valence-electron chi connectivity index (χ1n) is 11.0. The number of hydrogen-bond acceptors (Lipinski definition) is 4. The minimum Gasteiger partial charge on any atom is -0.469 e. The van der Waals surface area contributed by atoms with E-state index in [1.807, 2.05) is 67.6 Å². The number of rotatable bonds is 9. The number of nitrogens with one attached hydrogen (secondary N) is 2. The van der Waals surface area contributed by atoms with Crippen LogP contribution < -0.4 is 11.1 Å². The van der Waals surface area contributed by atoms with Crippen LogP contribution in [0.5, 0.6) is 0 Å². The molecule has 0 aromatic heterocycles. The van der Waals surface area contributed by atoms with Gasteiger partial charge < -0.3 is 15.8 Å². The fourth-order valence-electron chi connectivity index (χ4n) is 3.71. The molecule has 4 N–H and O–H groups in total. The second kappa shape index (κ2) is 11.6. The average Bonchev–Trinajstić information content (AvgIpc) is 2.85. The zero-order valence-electron chi connectivity index (χ0n) is 19.3. The molecule has 0 saturated carbocycles. The molecule has 0 spiro atoms. The second-order valence-corrected chi connectivity index (χ2v) is 8.09. The van der Waals surface area contributed by atoms with Gasteiger partial charge >= 0.3 is 5.97 Å². The fourth-order valence-corrected chi connectivity index (χ4v) is 3.71. The van der Waals surface area contributed by atoms with E-state index in [9.17, 15) is 9.59 Å². The molecule has 6 nitrogen and oxygen atoms in total. The van der Waals surface area contributed by atoms with Gasteiger partial charge in [-0.2, -0.15) is 0 Å². The highest BCUT2D eigenvalue weighted by Gasteiger charge is 2.29. The highest BCUT2D eigenvalue weighted by atomic mass is 16.5. The monoisotopic (exact) mass is 455 g/mol. The number of methoxy groups -OCH3 is 1. The van der Waals surface area contributed by atoms with E-state index in [1.54, 1.807) is 30.3 Å². The minimum atomic E-state index is -0.694. The maximum Gasteiger partial charge on any atom is 0.311 e. The molecule has 2 unspecified atom stereocenters. The molecule has 0 radical (unpaired) electrons. The Bertz CT molecular complexity index is 1190. The normalized spacial score (nSPS) is 12.6. The molecule has 3 aromatic rings. The molecule has 0 saturated heterocycles. The molecule has 0 fully saturated rings. The molecule has 34 heavy (non-hydrogen) atoms. The zero-order valence-corrected chi connectivity index (χ0v) is 19.3. The van der Waals surface area contributed by atoms with Crippen LogP contribution in [0.2, 0.25) is 0 Å². The number of amidine groups is 1. The molecule has 0 bridgehead atoms. The van der Waals surface area contributed by atoms with Crippen LogP contribution in [0, 0.1) is 18.3 Å². The number of benzene rings is 3. The molecule has 0 aliphatic heterocycles. The lowest BCUT2D eigenvalue weighted by Crippen LogP contribution is -2.43. The number of esters is 1. The van der Waals surface area contributed by atoms with Crippen molar-refractivity contribution >= 4 is 23.8 Å². The van der Waals surface area contributed by atoms with E-state index in [2.05, 4.69) is 5.32 Å². The molecule has 2 atom stereocenters. The van der Waals surface area contributed by atoms with E-state index in [1.165, 1.54) is 7.11 Å². The number of aryl methyl sites for hydroxylation is 1. The smallest absolute Gasteiger partial charge is 0.311 e. The van der Waals surface area contributed by atoms with Crippen LogP contribution in [0.1, 0.15) is 32.6 Å². The predicted molar refractivity (Wildman–Crippen MR) is 135 cm³/mol. The summed E-state index contributed by atoms with van der Waals surface area (Å²) in [6.07, 6.45) is 3.99. The maximum absolute atomic E-state index is 13.1. The van der Waals surface area contributed by atoms with Crippen molar-refractivity contribution in [3.63, 3.8) is 0 Å². The third-order valence-corrected chi connectivity index (χ3v) is 5.50. The van der Waals surface area contributed by atoms with Gasteiger partial charge in [0.25, 0.3) is 5.91 Å². The summed E-state index contributed by atoms with van der Waals surface area (Å²) in [7, 11) is 1.33. The van der Waals surface area contributed by atoms with Crippen molar-refractivity contribution in [3.8, 4) is 0 Å². The topological polar surface area (TPSA) is 105 Å². The average molecular weight is 456 g/mol. The Kier molecular flexibility index (Phi) is 8.35. The van der Waals surface area contributed by atoms with E-state index in [0.717, 1.165) is 16.7 Å². The Morgan fingerprint density at radius 3 is 2.38 bits per heavy atom. The molecule has 3 rings (SSSR count). The van der Waals surface area contributed by atoms with E-state index in [4.69, 9.17) is 15.9 Å². The van der Waals surface area contributed by atoms with Gasteiger partial charge in [0, 0.05) is 11.1 Å². The molecule has 0 heterocycles. The van der Waals surface area contributed by atoms with Gasteiger partial charge in [-0.05, 0) is 42.7 Å². The fraction of sp³-hybridized carbons (Fsp3) is 0.179. The van der Waals surface area contributed by atoms with Crippen LogP contribution in [-0.2, 0) is 16.0 Å². The summed E-state index contributed by atoms with van der Waals surface area (Å²) >= 11 is 0. The van der Waals surface area contributed by atoms with Crippen molar-refractivity contribution in [2.24, 2.45) is 11.7 Å². The number of ether oxygens (including phenoxy) is 1. The number of nitrogens with two attached hydrogens (primary N) is 1. The van der Waals surface area contributed by atoms with Gasteiger partial charge in [0.05, 0.1) is 19.1 Å². The lowest BCUT2D eigenvalue weighted by molar-refractivity contribution is -0.145. The van der Waals surface area contributed by atoms with Crippen LogP contribution in [-0.4, -0.2) is 30.9 Å². The zero-order chi connectivity index (χ0) is 24.5.